The van der Waals surface area contributed by atoms with Gasteiger partial charge in [-0.15, -0.1) is 0 Å². The van der Waals surface area contributed by atoms with E-state index in [4.69, 9.17) is 9.97 Å². The van der Waals surface area contributed by atoms with Crippen molar-refractivity contribution in [1.82, 2.24) is 9.97 Å². The predicted molar refractivity (Wildman–Crippen MR) is 142 cm³/mol. The molecule has 0 unspecified atom stereocenters. The smallest absolute Gasteiger partial charge is 0.254 e. The number of pyridine rings is 2. The number of benzene rings is 4. The zero-order valence-corrected chi connectivity index (χ0v) is 19.9. The minimum Gasteiger partial charge on any atom is -0.254 e. The lowest BCUT2D eigenvalue weighted by Crippen LogP contribution is -2.53. The van der Waals surface area contributed by atoms with E-state index < -0.39 is 14.1 Å². The fourth-order valence-electron chi connectivity index (χ4n) is 5.01. The lowest BCUT2D eigenvalue weighted by Gasteiger charge is -2.19. The molecule has 0 bridgehead atoms. The minimum absolute atomic E-state index is 1.05. The highest BCUT2D eigenvalue weighted by Gasteiger charge is 2.31. The summed E-state index contributed by atoms with van der Waals surface area (Å²) in [7, 11) is 0. The summed E-state index contributed by atoms with van der Waals surface area (Å²) in [5.74, 6) is 0. The molecule has 33 heavy (non-hydrogen) atoms. The van der Waals surface area contributed by atoms with Gasteiger partial charge in [0.2, 0.25) is 0 Å². The number of rotatable bonds is 3. The number of nitrogens with zero attached hydrogens (tertiary/aromatic N) is 2. The zero-order chi connectivity index (χ0) is 22.4. The van der Waals surface area contributed by atoms with E-state index in [0.29, 0.717) is 0 Å². The predicted octanol–water partition coefficient (Wildman–Crippen LogP) is 5.07. The third-order valence-corrected chi connectivity index (χ3v) is 9.84. The van der Waals surface area contributed by atoms with Gasteiger partial charge in [-0.2, -0.15) is 0 Å². The van der Waals surface area contributed by atoms with Crippen LogP contribution >= 0.6 is 0 Å². The van der Waals surface area contributed by atoms with Crippen molar-refractivity contribution in [3.8, 4) is 0 Å². The molecule has 2 heterocycles. The monoisotopic (exact) mass is 438 g/mol. The molecule has 0 N–H and O–H groups in total. The zero-order valence-electron chi connectivity index (χ0n) is 18.8. The second-order valence-corrected chi connectivity index (χ2v) is 11.5. The highest BCUT2D eigenvalue weighted by atomic mass is 27.2. The van der Waals surface area contributed by atoms with E-state index in [0.717, 1.165) is 22.4 Å². The van der Waals surface area contributed by atoms with Crippen LogP contribution in [0.2, 0.25) is 0 Å². The maximum Gasteiger partial charge on any atom is 0.391 e. The van der Waals surface area contributed by atoms with E-state index in [9.17, 15) is 0 Å². The second-order valence-electron chi connectivity index (χ2n) is 8.74. The molecule has 156 valence electrons. The Hall–Kier alpha value is -3.51. The number of hydrogen-bond acceptors (Lipinski definition) is 2. The first-order chi connectivity index (χ1) is 16.2. The average molecular weight is 439 g/mol. The summed E-state index contributed by atoms with van der Waals surface area (Å²) in [4.78, 5) is 10.1. The van der Waals surface area contributed by atoms with Crippen molar-refractivity contribution < 1.29 is 0 Å². The molecule has 6 aromatic rings. The van der Waals surface area contributed by atoms with Gasteiger partial charge < -0.3 is 0 Å². The molecule has 0 atom stereocenters. The van der Waals surface area contributed by atoms with Crippen LogP contribution in [0.25, 0.3) is 32.6 Å². The van der Waals surface area contributed by atoms with E-state index in [1.165, 1.54) is 34.8 Å². The summed E-state index contributed by atoms with van der Waals surface area (Å²) in [6, 6.07) is 37.4. The van der Waals surface area contributed by atoms with Crippen LogP contribution in [0.3, 0.4) is 0 Å². The number of para-hydroxylation sites is 2. The first kappa shape index (κ1) is 20.1. The van der Waals surface area contributed by atoms with Gasteiger partial charge in [0, 0.05) is 11.4 Å². The van der Waals surface area contributed by atoms with Crippen molar-refractivity contribution >= 4 is 60.0 Å². The minimum atomic E-state index is -1.93. The summed E-state index contributed by atoms with van der Waals surface area (Å²) in [6.45, 7) is 4.15. The van der Waals surface area contributed by atoms with Crippen molar-refractivity contribution in [2.45, 2.75) is 13.8 Å². The fourth-order valence-corrected chi connectivity index (χ4v) is 8.50. The molecular formula is C30H23AlN2. The van der Waals surface area contributed by atoms with Gasteiger partial charge in [-0.3, -0.25) is 9.97 Å². The molecule has 0 aliphatic heterocycles. The van der Waals surface area contributed by atoms with Crippen molar-refractivity contribution in [2.75, 3.05) is 0 Å². The topological polar surface area (TPSA) is 25.8 Å². The Morgan fingerprint density at radius 3 is 1.55 bits per heavy atom. The molecule has 0 aliphatic carbocycles. The van der Waals surface area contributed by atoms with Gasteiger partial charge in [-0.25, -0.2) is 0 Å². The Bertz CT molecular complexity index is 1560. The SMILES string of the molecule is Cc1ccc2ccc[c]([Al]([c]3cccc4ccccc34)[c]3cccc4ccc(C)nc34)c2n1. The molecule has 3 heteroatoms. The average Bonchev–Trinajstić information content (AvgIpc) is 2.85. The van der Waals surface area contributed by atoms with Crippen LogP contribution in [-0.2, 0) is 0 Å². The molecule has 0 spiro atoms. The van der Waals surface area contributed by atoms with Crippen molar-refractivity contribution in [1.29, 1.82) is 0 Å². The molecule has 0 saturated carbocycles. The Morgan fingerprint density at radius 1 is 0.455 bits per heavy atom. The van der Waals surface area contributed by atoms with Gasteiger partial charge in [0.15, 0.2) is 0 Å². The summed E-state index contributed by atoms with van der Waals surface area (Å²) in [6.07, 6.45) is 0. The van der Waals surface area contributed by atoms with Gasteiger partial charge in [-0.1, -0.05) is 104 Å². The second kappa shape index (κ2) is 8.12. The first-order valence-corrected chi connectivity index (χ1v) is 13.1. The van der Waals surface area contributed by atoms with Crippen molar-refractivity contribution in [3.63, 3.8) is 0 Å². The number of aromatic nitrogens is 2. The molecule has 0 amide bonds. The number of hydrogen-bond donors (Lipinski definition) is 0. The van der Waals surface area contributed by atoms with Gasteiger partial charge in [0.1, 0.15) is 0 Å². The van der Waals surface area contributed by atoms with Crippen molar-refractivity contribution in [2.24, 2.45) is 0 Å². The standard InChI is InChI=1S/2C10H8N.C10H7.Al/c2*1-8-6-7-9-4-2-3-5-10(9)11-8;1-2-6-10-8-4-3-7-9(10)5-1;/h2*2-4,6-7H,1H3;1-7H;. The van der Waals surface area contributed by atoms with Crippen LogP contribution in [0.1, 0.15) is 11.4 Å². The lowest BCUT2D eigenvalue weighted by molar-refractivity contribution is 1.26. The molecular weight excluding hydrogens is 415 g/mol. The van der Waals surface area contributed by atoms with E-state index >= 15 is 0 Å². The maximum atomic E-state index is 5.04. The third kappa shape index (κ3) is 3.51. The molecule has 4 aromatic carbocycles. The Kier molecular flexibility index (Phi) is 4.95. The van der Waals surface area contributed by atoms with Gasteiger partial charge >= 0.3 is 14.1 Å². The molecule has 0 aliphatic rings. The Labute approximate surface area is 198 Å². The number of aryl methyl sites for hydroxylation is 2. The van der Waals surface area contributed by atoms with Crippen molar-refractivity contribution in [3.05, 3.63) is 115 Å². The Morgan fingerprint density at radius 2 is 0.939 bits per heavy atom. The van der Waals surface area contributed by atoms with E-state index in [1.54, 1.807) is 0 Å². The Balaban J connectivity index is 1.76. The lowest BCUT2D eigenvalue weighted by atomic mass is 10.1. The molecule has 2 nitrogen and oxygen atoms in total. The fraction of sp³-hybridized carbons (Fsp3) is 0.0667. The molecule has 0 fully saturated rings. The molecule has 0 saturated heterocycles. The highest BCUT2D eigenvalue weighted by Crippen LogP contribution is 2.18. The largest absolute Gasteiger partial charge is 0.391 e. The summed E-state index contributed by atoms with van der Waals surface area (Å²) in [5.41, 5.74) is 4.33. The summed E-state index contributed by atoms with van der Waals surface area (Å²) >= 11 is -1.93. The van der Waals surface area contributed by atoms with Crippen LogP contribution in [0.15, 0.2) is 103 Å². The maximum absolute atomic E-state index is 5.04. The van der Waals surface area contributed by atoms with E-state index in [2.05, 4.69) is 117 Å². The van der Waals surface area contributed by atoms with Crippen LogP contribution in [-0.4, -0.2) is 24.1 Å². The van der Waals surface area contributed by atoms with Gasteiger partial charge in [0.25, 0.3) is 0 Å². The quantitative estimate of drug-likeness (QED) is 0.361. The van der Waals surface area contributed by atoms with Crippen LogP contribution in [0.5, 0.6) is 0 Å². The first-order valence-electron chi connectivity index (χ1n) is 11.4. The normalized spacial score (nSPS) is 11.3. The third-order valence-electron chi connectivity index (χ3n) is 6.54. The van der Waals surface area contributed by atoms with Gasteiger partial charge in [0.05, 0.1) is 11.0 Å². The highest BCUT2D eigenvalue weighted by molar-refractivity contribution is 6.99. The van der Waals surface area contributed by atoms with Gasteiger partial charge in [-0.05, 0) is 47.5 Å². The summed E-state index contributed by atoms with van der Waals surface area (Å²) in [5, 5.41) is 4.99. The van der Waals surface area contributed by atoms with E-state index in [-0.39, 0.29) is 0 Å². The van der Waals surface area contributed by atoms with Crippen LogP contribution in [0, 0.1) is 13.8 Å². The molecule has 6 rings (SSSR count). The van der Waals surface area contributed by atoms with E-state index in [1.807, 2.05) is 0 Å². The molecule has 2 aromatic heterocycles. The van der Waals surface area contributed by atoms with Crippen LogP contribution < -0.4 is 13.3 Å². The summed E-state index contributed by atoms with van der Waals surface area (Å²) < 4.78 is 4.12. The van der Waals surface area contributed by atoms with Crippen LogP contribution in [0.4, 0.5) is 0 Å². The molecule has 0 radical (unpaired) electrons. The number of fused-ring (bicyclic) bond motifs is 3.